The van der Waals surface area contributed by atoms with Gasteiger partial charge in [-0.3, -0.25) is 9.89 Å². The topological polar surface area (TPSA) is 50.2 Å². The largest absolute Gasteiger partial charge is 0.296 e. The zero-order chi connectivity index (χ0) is 17.6. The number of hydrogen-bond acceptors (Lipinski definition) is 2. The van der Waals surface area contributed by atoms with Crippen LogP contribution >= 0.6 is 34.8 Å². The molecule has 2 heterocycles. The van der Waals surface area contributed by atoms with Crippen LogP contribution in [0.3, 0.4) is 0 Å². The number of fused-ring (bicyclic) bond motifs is 1. The molecule has 0 aliphatic carbocycles. The van der Waals surface area contributed by atoms with Crippen LogP contribution in [0, 0.1) is 0 Å². The molecule has 4 rings (SSSR count). The number of hydrogen-bond donors (Lipinski definition) is 1. The molecule has 0 saturated heterocycles. The van der Waals surface area contributed by atoms with Gasteiger partial charge in [0.2, 0.25) is 0 Å². The maximum Gasteiger partial charge on any atom is 0.273 e. The third-order valence-corrected chi connectivity index (χ3v) is 4.75. The molecule has 25 heavy (non-hydrogen) atoms. The van der Waals surface area contributed by atoms with Crippen molar-refractivity contribution >= 4 is 40.4 Å². The average molecular weight is 391 g/mol. The van der Waals surface area contributed by atoms with Gasteiger partial charge in [0.05, 0.1) is 10.7 Å². The molecular formula is C18H10Cl3N3O. The fraction of sp³-hybridized carbons (Fsp3) is 0. The molecule has 0 fully saturated rings. The molecule has 7 heteroatoms. The quantitative estimate of drug-likeness (QED) is 0.504. The van der Waals surface area contributed by atoms with Crippen molar-refractivity contribution in [3.63, 3.8) is 0 Å². The van der Waals surface area contributed by atoms with Crippen LogP contribution in [-0.2, 0) is 0 Å². The van der Waals surface area contributed by atoms with Crippen molar-refractivity contribution in [1.29, 1.82) is 0 Å². The molecule has 0 aliphatic heterocycles. The van der Waals surface area contributed by atoms with Gasteiger partial charge < -0.3 is 0 Å². The van der Waals surface area contributed by atoms with Gasteiger partial charge in [0.1, 0.15) is 0 Å². The lowest BCUT2D eigenvalue weighted by Crippen LogP contribution is -2.14. The van der Waals surface area contributed by atoms with Crippen LogP contribution in [0.4, 0.5) is 0 Å². The Morgan fingerprint density at radius 3 is 2.44 bits per heavy atom. The Hall–Kier alpha value is -2.27. The minimum atomic E-state index is -0.240. The highest BCUT2D eigenvalue weighted by Crippen LogP contribution is 2.33. The molecule has 2 aromatic carbocycles. The Morgan fingerprint density at radius 1 is 0.880 bits per heavy atom. The molecule has 0 atom stereocenters. The SMILES string of the molecule is O=c1cc(-c2ccccc2Cl)nc2c(-c3ccc(Cl)cc3Cl)c[nH]n12. The highest BCUT2D eigenvalue weighted by atomic mass is 35.5. The third kappa shape index (κ3) is 2.82. The second-order valence-corrected chi connectivity index (χ2v) is 6.68. The van der Waals surface area contributed by atoms with Crippen molar-refractivity contribution < 1.29 is 0 Å². The maximum atomic E-state index is 12.5. The van der Waals surface area contributed by atoms with Gasteiger partial charge in [0, 0.05) is 39.0 Å². The first-order valence-corrected chi connectivity index (χ1v) is 8.49. The Morgan fingerprint density at radius 2 is 1.68 bits per heavy atom. The lowest BCUT2D eigenvalue weighted by atomic mass is 10.1. The molecule has 4 nitrogen and oxygen atoms in total. The summed E-state index contributed by atoms with van der Waals surface area (Å²) in [6, 6.07) is 13.9. The average Bonchev–Trinajstić information content (AvgIpc) is 2.99. The first-order chi connectivity index (χ1) is 12.0. The van der Waals surface area contributed by atoms with E-state index in [1.807, 2.05) is 18.2 Å². The molecule has 0 radical (unpaired) electrons. The molecule has 0 amide bonds. The summed E-state index contributed by atoms with van der Waals surface area (Å²) >= 11 is 18.5. The number of aromatic amines is 1. The molecule has 0 saturated carbocycles. The number of benzene rings is 2. The minimum Gasteiger partial charge on any atom is -0.296 e. The van der Waals surface area contributed by atoms with E-state index in [9.17, 15) is 4.79 Å². The normalized spacial score (nSPS) is 11.2. The van der Waals surface area contributed by atoms with E-state index in [1.165, 1.54) is 10.6 Å². The van der Waals surface area contributed by atoms with Crippen molar-refractivity contribution in [2.24, 2.45) is 0 Å². The summed E-state index contributed by atoms with van der Waals surface area (Å²) in [5.41, 5.74) is 2.85. The van der Waals surface area contributed by atoms with Crippen molar-refractivity contribution in [2.75, 3.05) is 0 Å². The van der Waals surface area contributed by atoms with Crippen LogP contribution in [0.5, 0.6) is 0 Å². The predicted molar refractivity (Wildman–Crippen MR) is 102 cm³/mol. The summed E-state index contributed by atoms with van der Waals surface area (Å²) in [5.74, 6) is 0. The van der Waals surface area contributed by atoms with E-state index < -0.39 is 0 Å². The van der Waals surface area contributed by atoms with E-state index in [0.29, 0.717) is 37.5 Å². The van der Waals surface area contributed by atoms with Gasteiger partial charge in [0.25, 0.3) is 5.56 Å². The van der Waals surface area contributed by atoms with Crippen LogP contribution in [0.25, 0.3) is 28.0 Å². The third-order valence-electron chi connectivity index (χ3n) is 3.87. The van der Waals surface area contributed by atoms with Crippen LogP contribution < -0.4 is 5.56 Å². The van der Waals surface area contributed by atoms with Crippen LogP contribution in [0.2, 0.25) is 15.1 Å². The van der Waals surface area contributed by atoms with Gasteiger partial charge in [-0.15, -0.1) is 0 Å². The van der Waals surface area contributed by atoms with Crippen LogP contribution in [0.15, 0.2) is 59.5 Å². The second kappa shape index (κ2) is 6.23. The minimum absolute atomic E-state index is 0.240. The summed E-state index contributed by atoms with van der Waals surface area (Å²) in [4.78, 5) is 17.1. The lowest BCUT2D eigenvalue weighted by Gasteiger charge is -2.06. The maximum absolute atomic E-state index is 12.5. The van der Waals surface area contributed by atoms with Crippen LogP contribution in [0.1, 0.15) is 0 Å². The van der Waals surface area contributed by atoms with Gasteiger partial charge in [-0.25, -0.2) is 9.50 Å². The lowest BCUT2D eigenvalue weighted by molar-refractivity contribution is 0.901. The fourth-order valence-electron chi connectivity index (χ4n) is 2.69. The van der Waals surface area contributed by atoms with Gasteiger partial charge in [-0.2, -0.15) is 0 Å². The van der Waals surface area contributed by atoms with E-state index in [4.69, 9.17) is 34.8 Å². The molecule has 0 bridgehead atoms. The van der Waals surface area contributed by atoms with E-state index in [0.717, 1.165) is 5.56 Å². The van der Waals surface area contributed by atoms with E-state index >= 15 is 0 Å². The van der Waals surface area contributed by atoms with Crippen molar-refractivity contribution in [3.8, 4) is 22.4 Å². The number of aromatic nitrogens is 3. The van der Waals surface area contributed by atoms with Crippen molar-refractivity contribution in [1.82, 2.24) is 14.6 Å². The first-order valence-electron chi connectivity index (χ1n) is 7.36. The first kappa shape index (κ1) is 16.2. The molecular weight excluding hydrogens is 381 g/mol. The van der Waals surface area contributed by atoms with E-state index in [2.05, 4.69) is 10.1 Å². The zero-order valence-electron chi connectivity index (χ0n) is 12.6. The molecule has 0 spiro atoms. The van der Waals surface area contributed by atoms with Crippen LogP contribution in [-0.4, -0.2) is 14.6 Å². The smallest absolute Gasteiger partial charge is 0.273 e. The van der Waals surface area contributed by atoms with Crippen molar-refractivity contribution in [2.45, 2.75) is 0 Å². The second-order valence-electron chi connectivity index (χ2n) is 5.43. The van der Waals surface area contributed by atoms with Gasteiger partial charge in [0.15, 0.2) is 5.65 Å². The summed E-state index contributed by atoms with van der Waals surface area (Å²) in [5, 5.41) is 4.45. The van der Waals surface area contributed by atoms with Gasteiger partial charge >= 0.3 is 0 Å². The van der Waals surface area contributed by atoms with E-state index in [-0.39, 0.29) is 5.56 Å². The summed E-state index contributed by atoms with van der Waals surface area (Å²) in [6.07, 6.45) is 1.69. The summed E-state index contributed by atoms with van der Waals surface area (Å²) in [7, 11) is 0. The molecule has 0 unspecified atom stereocenters. The Balaban J connectivity index is 2.00. The molecule has 124 valence electrons. The number of halogens is 3. The van der Waals surface area contributed by atoms with E-state index in [1.54, 1.807) is 30.5 Å². The Labute approximate surface area is 157 Å². The highest BCUT2D eigenvalue weighted by Gasteiger charge is 2.15. The monoisotopic (exact) mass is 389 g/mol. The Kier molecular flexibility index (Phi) is 4.04. The summed E-state index contributed by atoms with van der Waals surface area (Å²) < 4.78 is 1.36. The van der Waals surface area contributed by atoms with Crippen molar-refractivity contribution in [3.05, 3.63) is 80.1 Å². The summed E-state index contributed by atoms with van der Waals surface area (Å²) in [6.45, 7) is 0. The number of rotatable bonds is 2. The predicted octanol–water partition coefficient (Wildman–Crippen LogP) is 5.32. The Bertz CT molecular complexity index is 1160. The number of H-pyrrole nitrogens is 1. The molecule has 0 aliphatic rings. The molecule has 4 aromatic rings. The standard InChI is InChI=1S/C18H10Cl3N3O/c19-10-5-6-11(15(21)7-10)13-9-22-24-17(25)8-16(23-18(13)24)12-3-1-2-4-14(12)20/h1-9,22H. The molecule has 1 N–H and O–H groups in total. The number of nitrogens with zero attached hydrogens (tertiary/aromatic N) is 2. The van der Waals surface area contributed by atoms with Gasteiger partial charge in [-0.1, -0.05) is 59.1 Å². The number of nitrogens with one attached hydrogen (secondary N) is 1. The molecule has 2 aromatic heterocycles. The zero-order valence-corrected chi connectivity index (χ0v) is 14.9. The van der Waals surface area contributed by atoms with Gasteiger partial charge in [-0.05, 0) is 18.2 Å². The fourth-order valence-corrected chi connectivity index (χ4v) is 3.44. The highest BCUT2D eigenvalue weighted by molar-refractivity contribution is 6.36.